The standard InChI is InChI=1S/C12H9NO3S/c13-17(14,15)11-7-3-5-9-8-4-1-2-6-10(8)16-12(9)11/h1-7H,(H2,13,14,15). The summed E-state index contributed by atoms with van der Waals surface area (Å²) >= 11 is 0. The first kappa shape index (κ1) is 10.3. The van der Waals surface area contributed by atoms with E-state index in [1.807, 2.05) is 24.3 Å². The van der Waals surface area contributed by atoms with Crippen LogP contribution >= 0.6 is 0 Å². The van der Waals surface area contributed by atoms with E-state index in [4.69, 9.17) is 9.56 Å². The first-order chi connectivity index (χ1) is 8.07. The number of hydrogen-bond donors (Lipinski definition) is 1. The van der Waals surface area contributed by atoms with E-state index in [1.165, 1.54) is 6.07 Å². The number of furan rings is 1. The molecule has 2 aromatic carbocycles. The van der Waals surface area contributed by atoms with Crippen molar-refractivity contribution >= 4 is 32.0 Å². The Labute approximate surface area is 97.7 Å². The average Bonchev–Trinajstić information content (AvgIpc) is 2.65. The van der Waals surface area contributed by atoms with Crippen molar-refractivity contribution in [1.29, 1.82) is 0 Å². The Bertz CT molecular complexity index is 818. The van der Waals surface area contributed by atoms with Crippen molar-refractivity contribution in [2.45, 2.75) is 4.90 Å². The number of hydrogen-bond acceptors (Lipinski definition) is 3. The van der Waals surface area contributed by atoms with Gasteiger partial charge in [-0.2, -0.15) is 0 Å². The lowest BCUT2D eigenvalue weighted by Crippen LogP contribution is -2.12. The van der Waals surface area contributed by atoms with Crippen molar-refractivity contribution in [3.63, 3.8) is 0 Å². The van der Waals surface area contributed by atoms with E-state index in [2.05, 4.69) is 0 Å². The van der Waals surface area contributed by atoms with Gasteiger partial charge in [-0.05, 0) is 12.1 Å². The van der Waals surface area contributed by atoms with Crippen LogP contribution in [0.1, 0.15) is 0 Å². The Morgan fingerprint density at radius 2 is 1.65 bits per heavy atom. The maximum atomic E-state index is 11.4. The Kier molecular flexibility index (Phi) is 2.01. The van der Waals surface area contributed by atoms with Gasteiger partial charge >= 0.3 is 0 Å². The second-order valence-electron chi connectivity index (χ2n) is 3.78. The number of para-hydroxylation sites is 2. The van der Waals surface area contributed by atoms with Gasteiger partial charge in [0.1, 0.15) is 10.5 Å². The first-order valence-electron chi connectivity index (χ1n) is 5.00. The van der Waals surface area contributed by atoms with Crippen molar-refractivity contribution in [3.8, 4) is 0 Å². The predicted molar refractivity (Wildman–Crippen MR) is 65.1 cm³/mol. The Hall–Kier alpha value is -1.85. The van der Waals surface area contributed by atoms with Gasteiger partial charge in [0.15, 0.2) is 5.58 Å². The molecule has 1 heterocycles. The van der Waals surface area contributed by atoms with Crippen molar-refractivity contribution in [2.24, 2.45) is 5.14 Å². The highest BCUT2D eigenvalue weighted by atomic mass is 32.2. The molecule has 0 unspecified atom stereocenters. The van der Waals surface area contributed by atoms with Crippen LogP contribution in [-0.2, 0) is 10.0 Å². The summed E-state index contributed by atoms with van der Waals surface area (Å²) in [6, 6.07) is 12.3. The van der Waals surface area contributed by atoms with Crippen molar-refractivity contribution in [2.75, 3.05) is 0 Å². The highest BCUT2D eigenvalue weighted by molar-refractivity contribution is 7.89. The Morgan fingerprint density at radius 1 is 0.941 bits per heavy atom. The normalized spacial score (nSPS) is 12.3. The number of fused-ring (bicyclic) bond motifs is 3. The lowest BCUT2D eigenvalue weighted by molar-refractivity contribution is 0.594. The average molecular weight is 247 g/mol. The molecule has 0 aliphatic heterocycles. The molecule has 0 saturated carbocycles. The van der Waals surface area contributed by atoms with E-state index in [9.17, 15) is 8.42 Å². The minimum Gasteiger partial charge on any atom is -0.455 e. The quantitative estimate of drug-likeness (QED) is 0.716. The fourth-order valence-electron chi connectivity index (χ4n) is 1.95. The van der Waals surface area contributed by atoms with Crippen LogP contribution in [0.4, 0.5) is 0 Å². The summed E-state index contributed by atoms with van der Waals surface area (Å²) in [5, 5.41) is 6.80. The van der Waals surface area contributed by atoms with Gasteiger partial charge in [0, 0.05) is 10.8 Å². The van der Waals surface area contributed by atoms with Gasteiger partial charge in [-0.1, -0.05) is 30.3 Å². The molecule has 2 N–H and O–H groups in total. The minimum absolute atomic E-state index is 0.0196. The molecule has 0 bridgehead atoms. The summed E-state index contributed by atoms with van der Waals surface area (Å²) in [7, 11) is -3.77. The Balaban J connectivity index is 2.57. The van der Waals surface area contributed by atoms with E-state index in [1.54, 1.807) is 12.1 Å². The highest BCUT2D eigenvalue weighted by Crippen LogP contribution is 2.31. The molecule has 4 nitrogen and oxygen atoms in total. The molecule has 0 aliphatic rings. The number of primary sulfonamides is 1. The van der Waals surface area contributed by atoms with E-state index in [-0.39, 0.29) is 4.90 Å². The molecule has 0 saturated heterocycles. The van der Waals surface area contributed by atoms with Crippen molar-refractivity contribution in [3.05, 3.63) is 42.5 Å². The molecule has 3 rings (SSSR count). The third-order valence-electron chi connectivity index (χ3n) is 2.67. The van der Waals surface area contributed by atoms with Crippen molar-refractivity contribution in [1.82, 2.24) is 0 Å². The Morgan fingerprint density at radius 3 is 2.41 bits per heavy atom. The summed E-state index contributed by atoms with van der Waals surface area (Å²) in [5.41, 5.74) is 0.967. The third kappa shape index (κ3) is 1.51. The molecule has 5 heteroatoms. The number of benzene rings is 2. The molecule has 1 aromatic heterocycles. The summed E-state index contributed by atoms with van der Waals surface area (Å²) < 4.78 is 28.4. The zero-order valence-corrected chi connectivity index (χ0v) is 9.57. The van der Waals surface area contributed by atoms with E-state index < -0.39 is 10.0 Å². The van der Waals surface area contributed by atoms with Crippen LogP contribution in [0.15, 0.2) is 51.8 Å². The fourth-order valence-corrected chi connectivity index (χ4v) is 2.62. The maximum absolute atomic E-state index is 11.4. The number of nitrogens with two attached hydrogens (primary N) is 1. The molecular weight excluding hydrogens is 238 g/mol. The smallest absolute Gasteiger partial charge is 0.241 e. The third-order valence-corrected chi connectivity index (χ3v) is 3.61. The van der Waals surface area contributed by atoms with Crippen LogP contribution in [-0.4, -0.2) is 8.42 Å². The SMILES string of the molecule is NS(=O)(=O)c1cccc2c1oc1ccccc12. The maximum Gasteiger partial charge on any atom is 0.241 e. The lowest BCUT2D eigenvalue weighted by atomic mass is 10.1. The second kappa shape index (κ2) is 3.32. The monoisotopic (exact) mass is 247 g/mol. The molecule has 0 spiro atoms. The summed E-state index contributed by atoms with van der Waals surface area (Å²) in [4.78, 5) is 0.0196. The van der Waals surface area contributed by atoms with Gasteiger partial charge < -0.3 is 4.42 Å². The van der Waals surface area contributed by atoms with E-state index in [0.29, 0.717) is 11.2 Å². The van der Waals surface area contributed by atoms with Gasteiger partial charge in [0.25, 0.3) is 0 Å². The van der Waals surface area contributed by atoms with Gasteiger partial charge in [-0.15, -0.1) is 0 Å². The number of sulfonamides is 1. The van der Waals surface area contributed by atoms with Crippen LogP contribution in [0.5, 0.6) is 0 Å². The molecule has 0 fully saturated rings. The van der Waals surface area contributed by atoms with Crippen LogP contribution in [0.3, 0.4) is 0 Å². The van der Waals surface area contributed by atoms with Crippen LogP contribution in [0.25, 0.3) is 21.9 Å². The van der Waals surface area contributed by atoms with Gasteiger partial charge in [-0.25, -0.2) is 13.6 Å². The van der Waals surface area contributed by atoms with Crippen molar-refractivity contribution < 1.29 is 12.8 Å². The number of rotatable bonds is 1. The lowest BCUT2D eigenvalue weighted by Gasteiger charge is -1.97. The molecule has 0 radical (unpaired) electrons. The van der Waals surface area contributed by atoms with Gasteiger partial charge in [0.2, 0.25) is 10.0 Å². The van der Waals surface area contributed by atoms with Crippen LogP contribution < -0.4 is 5.14 Å². The fraction of sp³-hybridized carbons (Fsp3) is 0. The van der Waals surface area contributed by atoms with Gasteiger partial charge in [-0.3, -0.25) is 0 Å². The predicted octanol–water partition coefficient (Wildman–Crippen LogP) is 2.23. The molecular formula is C12H9NO3S. The molecule has 0 atom stereocenters. The molecule has 86 valence electrons. The highest BCUT2D eigenvalue weighted by Gasteiger charge is 2.17. The second-order valence-corrected chi connectivity index (χ2v) is 5.31. The first-order valence-corrected chi connectivity index (χ1v) is 6.55. The van der Waals surface area contributed by atoms with E-state index in [0.717, 1.165) is 10.8 Å². The largest absolute Gasteiger partial charge is 0.455 e. The summed E-state index contributed by atoms with van der Waals surface area (Å²) in [6.07, 6.45) is 0. The van der Waals surface area contributed by atoms with Crippen LogP contribution in [0, 0.1) is 0 Å². The summed E-state index contributed by atoms with van der Waals surface area (Å²) in [6.45, 7) is 0. The van der Waals surface area contributed by atoms with Crippen LogP contribution in [0.2, 0.25) is 0 Å². The topological polar surface area (TPSA) is 73.3 Å². The molecule has 3 aromatic rings. The molecule has 17 heavy (non-hydrogen) atoms. The molecule has 0 aliphatic carbocycles. The summed E-state index contributed by atoms with van der Waals surface area (Å²) in [5.74, 6) is 0. The van der Waals surface area contributed by atoms with E-state index >= 15 is 0 Å². The molecule has 0 amide bonds. The minimum atomic E-state index is -3.77. The zero-order valence-electron chi connectivity index (χ0n) is 8.75. The zero-order chi connectivity index (χ0) is 12.0. The van der Waals surface area contributed by atoms with Gasteiger partial charge in [0.05, 0.1) is 0 Å².